The Balaban J connectivity index is 1.97. The summed E-state index contributed by atoms with van der Waals surface area (Å²) in [5, 5.41) is 5.18. The van der Waals surface area contributed by atoms with E-state index in [1.54, 1.807) is 12.4 Å². The molecule has 1 atom stereocenters. The second kappa shape index (κ2) is 5.47. The van der Waals surface area contributed by atoms with Crippen molar-refractivity contribution in [2.45, 2.75) is 13.0 Å². The molecule has 3 nitrogen and oxygen atoms in total. The molecule has 20 heavy (non-hydrogen) atoms. The first kappa shape index (κ1) is 12.9. The molecule has 2 aromatic heterocycles. The van der Waals surface area contributed by atoms with Crippen molar-refractivity contribution in [3.63, 3.8) is 0 Å². The van der Waals surface area contributed by atoms with Crippen LogP contribution < -0.4 is 5.32 Å². The fraction of sp³-hybridized carbons (Fsp3) is 0.125. The molecule has 0 radical (unpaired) electrons. The number of benzene rings is 1. The topological polar surface area (TPSA) is 37.8 Å². The summed E-state index contributed by atoms with van der Waals surface area (Å²) in [5.74, 6) is 0. The van der Waals surface area contributed by atoms with Gasteiger partial charge in [-0.05, 0) is 42.8 Å². The van der Waals surface area contributed by atoms with Gasteiger partial charge < -0.3 is 5.32 Å². The van der Waals surface area contributed by atoms with E-state index in [0.29, 0.717) is 5.02 Å². The van der Waals surface area contributed by atoms with E-state index in [1.165, 1.54) is 0 Å². The number of nitrogens with zero attached hydrogens (tertiary/aromatic N) is 2. The Morgan fingerprint density at radius 2 is 1.95 bits per heavy atom. The van der Waals surface area contributed by atoms with Gasteiger partial charge in [0.25, 0.3) is 0 Å². The molecule has 0 aliphatic carbocycles. The lowest BCUT2D eigenvalue weighted by Gasteiger charge is -2.17. The average Bonchev–Trinajstić information content (AvgIpc) is 2.51. The van der Waals surface area contributed by atoms with Crippen LogP contribution >= 0.6 is 11.6 Å². The molecule has 100 valence electrons. The van der Waals surface area contributed by atoms with Crippen LogP contribution in [0.4, 0.5) is 5.69 Å². The van der Waals surface area contributed by atoms with Gasteiger partial charge in [-0.15, -0.1) is 0 Å². The van der Waals surface area contributed by atoms with Gasteiger partial charge >= 0.3 is 0 Å². The Labute approximate surface area is 122 Å². The zero-order valence-corrected chi connectivity index (χ0v) is 11.8. The number of pyridine rings is 2. The fourth-order valence-corrected chi connectivity index (χ4v) is 2.43. The second-order valence-corrected chi connectivity index (χ2v) is 5.05. The maximum Gasteiger partial charge on any atom is 0.0908 e. The Bertz CT molecular complexity index is 728. The summed E-state index contributed by atoms with van der Waals surface area (Å²) in [6.07, 6.45) is 5.40. The van der Waals surface area contributed by atoms with Crippen LogP contribution in [0.15, 0.2) is 55.0 Å². The maximum atomic E-state index is 6.18. The highest BCUT2D eigenvalue weighted by Gasteiger charge is 2.09. The highest BCUT2D eigenvalue weighted by atomic mass is 35.5. The Kier molecular flexibility index (Phi) is 3.52. The summed E-state index contributed by atoms with van der Waals surface area (Å²) in [5.41, 5.74) is 2.98. The van der Waals surface area contributed by atoms with Crippen LogP contribution in [-0.4, -0.2) is 9.97 Å². The van der Waals surface area contributed by atoms with Gasteiger partial charge in [-0.1, -0.05) is 17.7 Å². The number of anilines is 1. The summed E-state index contributed by atoms with van der Waals surface area (Å²) < 4.78 is 0. The van der Waals surface area contributed by atoms with E-state index in [4.69, 9.17) is 11.6 Å². The summed E-state index contributed by atoms with van der Waals surface area (Å²) in [7, 11) is 0. The molecule has 2 heterocycles. The molecule has 0 aliphatic heterocycles. The minimum atomic E-state index is 0.160. The first-order chi connectivity index (χ1) is 9.75. The predicted octanol–water partition coefficient (Wildman–Crippen LogP) is 4.46. The van der Waals surface area contributed by atoms with Crippen LogP contribution in [0.2, 0.25) is 5.02 Å². The zero-order valence-electron chi connectivity index (χ0n) is 11.0. The van der Waals surface area contributed by atoms with Gasteiger partial charge in [-0.3, -0.25) is 9.97 Å². The molecule has 4 heteroatoms. The third-order valence-electron chi connectivity index (χ3n) is 3.28. The Hall–Kier alpha value is -2.13. The van der Waals surface area contributed by atoms with E-state index in [-0.39, 0.29) is 6.04 Å². The van der Waals surface area contributed by atoms with Crippen LogP contribution in [0.3, 0.4) is 0 Å². The van der Waals surface area contributed by atoms with E-state index >= 15 is 0 Å². The number of halogens is 1. The van der Waals surface area contributed by atoms with Gasteiger partial charge in [-0.2, -0.15) is 0 Å². The van der Waals surface area contributed by atoms with Crippen molar-refractivity contribution in [1.29, 1.82) is 0 Å². The third kappa shape index (κ3) is 2.45. The molecule has 0 spiro atoms. The van der Waals surface area contributed by atoms with Gasteiger partial charge in [0.1, 0.15) is 0 Å². The molecule has 1 unspecified atom stereocenters. The maximum absolute atomic E-state index is 6.18. The summed E-state index contributed by atoms with van der Waals surface area (Å²) in [4.78, 5) is 8.49. The lowest BCUT2D eigenvalue weighted by Crippen LogP contribution is -2.07. The van der Waals surface area contributed by atoms with Crippen molar-refractivity contribution < 1.29 is 0 Å². The van der Waals surface area contributed by atoms with Crippen molar-refractivity contribution in [2.24, 2.45) is 0 Å². The molecular weight excluding hydrogens is 270 g/mol. The molecule has 0 fully saturated rings. The summed E-state index contributed by atoms with van der Waals surface area (Å²) in [6.45, 7) is 2.10. The number of aromatic nitrogens is 2. The smallest absolute Gasteiger partial charge is 0.0908 e. The Morgan fingerprint density at radius 3 is 2.75 bits per heavy atom. The highest BCUT2D eigenvalue weighted by Crippen LogP contribution is 2.30. The quantitative estimate of drug-likeness (QED) is 0.771. The van der Waals surface area contributed by atoms with Crippen LogP contribution in [0.5, 0.6) is 0 Å². The highest BCUT2D eigenvalue weighted by molar-refractivity contribution is 6.35. The molecule has 0 amide bonds. The van der Waals surface area contributed by atoms with Gasteiger partial charge in [0.05, 0.1) is 16.6 Å². The zero-order chi connectivity index (χ0) is 13.9. The van der Waals surface area contributed by atoms with Gasteiger partial charge in [0.2, 0.25) is 0 Å². The largest absolute Gasteiger partial charge is 0.378 e. The molecule has 1 aromatic carbocycles. The predicted molar refractivity (Wildman–Crippen MR) is 83.0 cm³/mol. The van der Waals surface area contributed by atoms with E-state index in [2.05, 4.69) is 28.3 Å². The molecule has 0 bridgehead atoms. The van der Waals surface area contributed by atoms with Crippen molar-refractivity contribution in [1.82, 2.24) is 9.97 Å². The standard InChI is InChI=1S/C16H14ClN3/c1-11(12-4-2-8-18-10-12)20-15-7-6-14(17)16-13(15)5-3-9-19-16/h2-11,20H,1H3. The van der Waals surface area contributed by atoms with E-state index < -0.39 is 0 Å². The number of hydrogen-bond donors (Lipinski definition) is 1. The van der Waals surface area contributed by atoms with Crippen LogP contribution in [0.25, 0.3) is 10.9 Å². The van der Waals surface area contributed by atoms with Gasteiger partial charge in [-0.25, -0.2) is 0 Å². The number of fused-ring (bicyclic) bond motifs is 1. The normalized spacial score (nSPS) is 12.3. The first-order valence-corrected chi connectivity index (χ1v) is 6.83. The molecule has 0 saturated carbocycles. The monoisotopic (exact) mass is 283 g/mol. The first-order valence-electron chi connectivity index (χ1n) is 6.45. The molecule has 0 saturated heterocycles. The third-order valence-corrected chi connectivity index (χ3v) is 3.58. The van der Waals surface area contributed by atoms with Crippen molar-refractivity contribution in [3.05, 3.63) is 65.6 Å². The number of rotatable bonds is 3. The van der Waals surface area contributed by atoms with Crippen LogP contribution in [-0.2, 0) is 0 Å². The van der Waals surface area contributed by atoms with E-state index in [9.17, 15) is 0 Å². The SMILES string of the molecule is CC(Nc1ccc(Cl)c2ncccc12)c1cccnc1. The van der Waals surface area contributed by atoms with Crippen LogP contribution in [0.1, 0.15) is 18.5 Å². The number of hydrogen-bond acceptors (Lipinski definition) is 3. The van der Waals surface area contributed by atoms with Crippen molar-refractivity contribution in [3.8, 4) is 0 Å². The summed E-state index contributed by atoms with van der Waals surface area (Å²) >= 11 is 6.18. The number of nitrogens with one attached hydrogen (secondary N) is 1. The molecule has 3 rings (SSSR count). The van der Waals surface area contributed by atoms with Crippen LogP contribution in [0, 0.1) is 0 Å². The van der Waals surface area contributed by atoms with Gasteiger partial charge in [0.15, 0.2) is 0 Å². The molecule has 0 aliphatic rings. The van der Waals surface area contributed by atoms with Crippen molar-refractivity contribution in [2.75, 3.05) is 5.32 Å². The lowest BCUT2D eigenvalue weighted by atomic mass is 10.1. The molecular formula is C16H14ClN3. The Morgan fingerprint density at radius 1 is 1.10 bits per heavy atom. The lowest BCUT2D eigenvalue weighted by molar-refractivity contribution is 0.877. The molecule has 1 N–H and O–H groups in total. The van der Waals surface area contributed by atoms with E-state index in [1.807, 2.05) is 36.5 Å². The van der Waals surface area contributed by atoms with Crippen molar-refractivity contribution >= 4 is 28.2 Å². The molecule has 3 aromatic rings. The van der Waals surface area contributed by atoms with Gasteiger partial charge in [0, 0.05) is 29.7 Å². The fourth-order valence-electron chi connectivity index (χ4n) is 2.21. The summed E-state index contributed by atoms with van der Waals surface area (Å²) in [6, 6.07) is 11.9. The minimum Gasteiger partial charge on any atom is -0.378 e. The second-order valence-electron chi connectivity index (χ2n) is 4.65. The minimum absolute atomic E-state index is 0.160. The van der Waals surface area contributed by atoms with E-state index in [0.717, 1.165) is 22.2 Å². The average molecular weight is 284 g/mol.